The smallest absolute Gasteiger partial charge is 0.129 e. The number of anilines is 1. The Morgan fingerprint density at radius 3 is 2.56 bits per heavy atom. The number of halogens is 2. The predicted molar refractivity (Wildman–Crippen MR) is 82.9 cm³/mol. The summed E-state index contributed by atoms with van der Waals surface area (Å²) >= 11 is 6.88. The highest BCUT2D eigenvalue weighted by Gasteiger charge is 2.06. The Morgan fingerprint density at radius 2 is 1.89 bits per heavy atom. The van der Waals surface area contributed by atoms with Crippen LogP contribution in [0.1, 0.15) is 12.5 Å². The Balaban J connectivity index is 1.99. The van der Waals surface area contributed by atoms with Crippen LogP contribution in [0.3, 0.4) is 0 Å². The number of nitrogens with one attached hydrogen (secondary N) is 1. The molecule has 0 radical (unpaired) electrons. The van der Waals surface area contributed by atoms with Crippen molar-refractivity contribution in [3.05, 3.63) is 57.2 Å². The maximum atomic E-state index is 4.20. The van der Waals surface area contributed by atoms with E-state index >= 15 is 0 Å². The van der Waals surface area contributed by atoms with Crippen LogP contribution in [0.5, 0.6) is 0 Å². The van der Waals surface area contributed by atoms with Crippen LogP contribution in [-0.4, -0.2) is 11.0 Å². The van der Waals surface area contributed by atoms with Gasteiger partial charge in [-0.25, -0.2) is 4.98 Å². The van der Waals surface area contributed by atoms with Gasteiger partial charge in [-0.3, -0.25) is 0 Å². The van der Waals surface area contributed by atoms with Gasteiger partial charge >= 0.3 is 0 Å². The molecule has 0 saturated heterocycles. The molecule has 0 aliphatic carbocycles. The molecule has 0 spiro atoms. The Morgan fingerprint density at radius 1 is 1.17 bits per heavy atom. The lowest BCUT2D eigenvalue weighted by molar-refractivity contribution is 0.788. The average molecular weight is 370 g/mol. The van der Waals surface area contributed by atoms with Gasteiger partial charge in [0.05, 0.1) is 5.69 Å². The van der Waals surface area contributed by atoms with Crippen molar-refractivity contribution >= 4 is 37.5 Å². The van der Waals surface area contributed by atoms with Crippen molar-refractivity contribution in [1.82, 2.24) is 4.98 Å². The maximum Gasteiger partial charge on any atom is 0.129 e. The summed E-state index contributed by atoms with van der Waals surface area (Å²) in [6.07, 6.45) is 2.75. The van der Waals surface area contributed by atoms with Crippen molar-refractivity contribution in [1.29, 1.82) is 0 Å². The number of nitrogens with zero attached hydrogens (tertiary/aromatic N) is 1. The monoisotopic (exact) mass is 368 g/mol. The molecule has 94 valence electrons. The van der Waals surface area contributed by atoms with E-state index in [1.807, 2.05) is 12.1 Å². The van der Waals surface area contributed by atoms with Crippen LogP contribution in [0.2, 0.25) is 0 Å². The lowest BCUT2D eigenvalue weighted by Crippen LogP contribution is -2.18. The normalized spacial score (nSPS) is 12.2. The third-order valence-corrected chi connectivity index (χ3v) is 3.78. The highest BCUT2D eigenvalue weighted by Crippen LogP contribution is 2.20. The first-order chi connectivity index (χ1) is 8.65. The van der Waals surface area contributed by atoms with Crippen LogP contribution >= 0.6 is 31.9 Å². The number of hydrogen-bond donors (Lipinski definition) is 1. The maximum absolute atomic E-state index is 4.20. The summed E-state index contributed by atoms with van der Waals surface area (Å²) in [5.74, 6) is 0. The molecule has 1 unspecified atom stereocenters. The summed E-state index contributed by atoms with van der Waals surface area (Å²) in [7, 11) is 0. The zero-order valence-corrected chi connectivity index (χ0v) is 13.2. The fourth-order valence-electron chi connectivity index (χ4n) is 1.78. The van der Waals surface area contributed by atoms with Crippen molar-refractivity contribution < 1.29 is 0 Å². The van der Waals surface area contributed by atoms with E-state index in [9.17, 15) is 0 Å². The second kappa shape index (κ2) is 6.34. The molecule has 0 amide bonds. The predicted octanol–water partition coefficient (Wildman–Crippen LogP) is 4.65. The van der Waals surface area contributed by atoms with Crippen LogP contribution < -0.4 is 5.32 Å². The largest absolute Gasteiger partial charge is 0.380 e. The second-order valence-corrected chi connectivity index (χ2v) is 5.88. The van der Waals surface area contributed by atoms with Gasteiger partial charge < -0.3 is 5.32 Å². The molecular formula is C14H14Br2N2. The van der Waals surface area contributed by atoms with Gasteiger partial charge in [-0.15, -0.1) is 0 Å². The molecule has 1 heterocycles. The molecule has 2 nitrogen and oxygen atoms in total. The van der Waals surface area contributed by atoms with E-state index in [-0.39, 0.29) is 0 Å². The number of rotatable bonds is 4. The van der Waals surface area contributed by atoms with E-state index in [1.165, 1.54) is 5.56 Å². The molecule has 1 aromatic carbocycles. The van der Waals surface area contributed by atoms with Crippen LogP contribution in [0.4, 0.5) is 5.69 Å². The van der Waals surface area contributed by atoms with Crippen molar-refractivity contribution in [3.63, 3.8) is 0 Å². The van der Waals surface area contributed by atoms with Gasteiger partial charge in [0.15, 0.2) is 0 Å². The molecule has 0 aliphatic rings. The standard InChI is InChI=1S/C14H14Br2N2/c1-10(9-11-4-6-12(15)7-5-11)18-13-3-2-8-17-14(13)16/h2-8,10,18H,9H2,1H3. The van der Waals surface area contributed by atoms with Crippen LogP contribution in [-0.2, 0) is 6.42 Å². The van der Waals surface area contributed by atoms with Gasteiger partial charge in [0, 0.05) is 16.7 Å². The molecular weight excluding hydrogens is 356 g/mol. The van der Waals surface area contributed by atoms with Crippen molar-refractivity contribution in [2.45, 2.75) is 19.4 Å². The Hall–Kier alpha value is -0.870. The second-order valence-electron chi connectivity index (χ2n) is 4.22. The fourth-order valence-corrected chi connectivity index (χ4v) is 2.41. The molecule has 0 aliphatic heterocycles. The molecule has 0 fully saturated rings. The summed E-state index contributed by atoms with van der Waals surface area (Å²) in [4.78, 5) is 4.20. The van der Waals surface area contributed by atoms with Crippen LogP contribution in [0.15, 0.2) is 51.7 Å². The van der Waals surface area contributed by atoms with E-state index in [0.29, 0.717) is 6.04 Å². The number of pyridine rings is 1. The van der Waals surface area contributed by atoms with Crippen molar-refractivity contribution in [2.24, 2.45) is 0 Å². The van der Waals surface area contributed by atoms with Crippen LogP contribution in [0.25, 0.3) is 0 Å². The lowest BCUT2D eigenvalue weighted by Gasteiger charge is -2.16. The SMILES string of the molecule is CC(Cc1ccc(Br)cc1)Nc1cccnc1Br. The number of hydrogen-bond acceptors (Lipinski definition) is 2. The minimum absolute atomic E-state index is 0.353. The van der Waals surface area contributed by atoms with Crippen LogP contribution in [0, 0.1) is 0 Å². The van der Waals surface area contributed by atoms with Gasteiger partial charge in [0.2, 0.25) is 0 Å². The fraction of sp³-hybridized carbons (Fsp3) is 0.214. The van der Waals surface area contributed by atoms with Gasteiger partial charge in [-0.2, -0.15) is 0 Å². The molecule has 0 saturated carbocycles. The summed E-state index contributed by atoms with van der Waals surface area (Å²) in [6.45, 7) is 2.17. The Labute approximate surface area is 124 Å². The summed E-state index contributed by atoms with van der Waals surface area (Å²) in [5.41, 5.74) is 2.35. The first kappa shape index (κ1) is 13.6. The molecule has 1 aromatic heterocycles. The quantitative estimate of drug-likeness (QED) is 0.793. The number of benzene rings is 1. The molecule has 18 heavy (non-hydrogen) atoms. The highest BCUT2D eigenvalue weighted by atomic mass is 79.9. The molecule has 2 rings (SSSR count). The summed E-state index contributed by atoms with van der Waals surface area (Å²) < 4.78 is 1.97. The molecule has 0 bridgehead atoms. The molecule has 1 N–H and O–H groups in total. The zero-order chi connectivity index (χ0) is 13.0. The molecule has 4 heteroatoms. The summed E-state index contributed by atoms with van der Waals surface area (Å²) in [6, 6.07) is 12.7. The third kappa shape index (κ3) is 3.82. The van der Waals surface area contributed by atoms with E-state index in [1.54, 1.807) is 6.20 Å². The van der Waals surface area contributed by atoms with Gasteiger partial charge in [0.25, 0.3) is 0 Å². The highest BCUT2D eigenvalue weighted by molar-refractivity contribution is 9.10. The first-order valence-electron chi connectivity index (χ1n) is 5.76. The molecule has 2 aromatic rings. The van der Waals surface area contributed by atoms with Gasteiger partial charge in [-0.1, -0.05) is 28.1 Å². The minimum atomic E-state index is 0.353. The topological polar surface area (TPSA) is 24.9 Å². The van der Waals surface area contributed by atoms with Crippen molar-refractivity contribution in [3.8, 4) is 0 Å². The lowest BCUT2D eigenvalue weighted by atomic mass is 10.1. The van der Waals surface area contributed by atoms with E-state index in [2.05, 4.69) is 73.3 Å². The van der Waals surface area contributed by atoms with Gasteiger partial charge in [0.1, 0.15) is 4.60 Å². The first-order valence-corrected chi connectivity index (χ1v) is 7.35. The molecule has 1 atom stereocenters. The Bertz CT molecular complexity index is 511. The van der Waals surface area contributed by atoms with Gasteiger partial charge in [-0.05, 0) is 59.1 Å². The summed E-state index contributed by atoms with van der Waals surface area (Å²) in [5, 5.41) is 3.45. The third-order valence-electron chi connectivity index (χ3n) is 2.62. The minimum Gasteiger partial charge on any atom is -0.380 e. The van der Waals surface area contributed by atoms with E-state index in [0.717, 1.165) is 21.2 Å². The van der Waals surface area contributed by atoms with E-state index < -0.39 is 0 Å². The van der Waals surface area contributed by atoms with E-state index in [4.69, 9.17) is 0 Å². The Kier molecular flexibility index (Phi) is 4.78. The van der Waals surface area contributed by atoms with Crippen molar-refractivity contribution in [2.75, 3.05) is 5.32 Å². The number of aromatic nitrogens is 1. The average Bonchev–Trinajstić information content (AvgIpc) is 2.35. The zero-order valence-electron chi connectivity index (χ0n) is 10.0.